The summed E-state index contributed by atoms with van der Waals surface area (Å²) in [7, 11) is -3.60. The molecule has 2 aromatic carbocycles. The fourth-order valence-corrected chi connectivity index (χ4v) is 3.29. The molecule has 0 spiro atoms. The Hall–Kier alpha value is -1.69. The van der Waals surface area contributed by atoms with Gasteiger partial charge in [0.25, 0.3) is 0 Å². The third-order valence-electron chi connectivity index (χ3n) is 3.61. The van der Waals surface area contributed by atoms with Gasteiger partial charge in [-0.15, -0.1) is 0 Å². The van der Waals surface area contributed by atoms with Gasteiger partial charge < -0.3 is 5.11 Å². The van der Waals surface area contributed by atoms with Crippen LogP contribution in [0.3, 0.4) is 0 Å². The van der Waals surface area contributed by atoms with Crippen molar-refractivity contribution in [3.8, 4) is 0 Å². The van der Waals surface area contributed by atoms with Crippen LogP contribution in [-0.2, 0) is 16.4 Å². The van der Waals surface area contributed by atoms with Gasteiger partial charge in [-0.1, -0.05) is 36.4 Å². The van der Waals surface area contributed by atoms with E-state index in [4.69, 9.17) is 0 Å². The molecule has 5 heteroatoms. The number of nitrogens with one attached hydrogen (secondary N) is 1. The van der Waals surface area contributed by atoms with E-state index in [2.05, 4.69) is 4.72 Å². The lowest BCUT2D eigenvalue weighted by atomic mass is 10.1. The molecule has 2 aromatic rings. The van der Waals surface area contributed by atoms with E-state index in [1.165, 1.54) is 0 Å². The zero-order valence-corrected chi connectivity index (χ0v) is 13.6. The molecule has 0 saturated carbocycles. The van der Waals surface area contributed by atoms with Crippen molar-refractivity contribution in [3.63, 3.8) is 0 Å². The topological polar surface area (TPSA) is 66.4 Å². The smallest absolute Gasteiger partial charge is 0.240 e. The summed E-state index contributed by atoms with van der Waals surface area (Å²) >= 11 is 0. The Balaban J connectivity index is 1.98. The number of hydrogen-bond donors (Lipinski definition) is 2. The van der Waals surface area contributed by atoms with Gasteiger partial charge in [-0.25, -0.2) is 13.1 Å². The molecule has 0 aromatic heterocycles. The van der Waals surface area contributed by atoms with Gasteiger partial charge in [-0.05, 0) is 49.1 Å². The molecule has 22 heavy (non-hydrogen) atoms. The van der Waals surface area contributed by atoms with Gasteiger partial charge in [0.15, 0.2) is 0 Å². The van der Waals surface area contributed by atoms with Gasteiger partial charge in [-0.2, -0.15) is 0 Å². The third kappa shape index (κ3) is 4.40. The molecule has 0 aliphatic carbocycles. The second kappa shape index (κ2) is 7.05. The predicted octanol–water partition coefficient (Wildman–Crippen LogP) is 2.19. The minimum atomic E-state index is -3.60. The van der Waals surface area contributed by atoms with Crippen LogP contribution >= 0.6 is 0 Å². The lowest BCUT2D eigenvalue weighted by molar-refractivity contribution is 0.179. The van der Waals surface area contributed by atoms with Crippen molar-refractivity contribution in [1.29, 1.82) is 0 Å². The van der Waals surface area contributed by atoms with E-state index >= 15 is 0 Å². The molecule has 118 valence electrons. The number of rotatable bonds is 6. The summed E-state index contributed by atoms with van der Waals surface area (Å²) < 4.78 is 26.9. The summed E-state index contributed by atoms with van der Waals surface area (Å²) in [5.74, 6) is 0. The van der Waals surface area contributed by atoms with E-state index in [1.807, 2.05) is 44.2 Å². The molecule has 1 atom stereocenters. The highest BCUT2D eigenvalue weighted by Crippen LogP contribution is 2.14. The van der Waals surface area contributed by atoms with Crippen LogP contribution in [0, 0.1) is 13.8 Å². The number of aliphatic hydroxyl groups excluding tert-OH is 1. The Morgan fingerprint density at radius 3 is 2.36 bits per heavy atom. The Morgan fingerprint density at radius 2 is 1.73 bits per heavy atom. The van der Waals surface area contributed by atoms with Crippen LogP contribution in [0.15, 0.2) is 53.4 Å². The van der Waals surface area contributed by atoms with E-state index in [-0.39, 0.29) is 11.4 Å². The normalized spacial score (nSPS) is 13.0. The van der Waals surface area contributed by atoms with Crippen LogP contribution in [-0.4, -0.2) is 26.2 Å². The third-order valence-corrected chi connectivity index (χ3v) is 5.03. The van der Waals surface area contributed by atoms with Crippen molar-refractivity contribution in [2.24, 2.45) is 0 Å². The number of aliphatic hydroxyl groups is 1. The maximum atomic E-state index is 12.2. The average Bonchev–Trinajstić information content (AvgIpc) is 2.49. The van der Waals surface area contributed by atoms with Crippen molar-refractivity contribution >= 4 is 10.0 Å². The Labute approximate surface area is 131 Å². The highest BCUT2D eigenvalue weighted by molar-refractivity contribution is 7.89. The molecule has 2 N–H and O–H groups in total. The van der Waals surface area contributed by atoms with Crippen LogP contribution in [0.5, 0.6) is 0 Å². The first-order valence-electron chi connectivity index (χ1n) is 7.17. The Bertz CT molecular complexity index is 727. The minimum absolute atomic E-state index is 0.00977. The lowest BCUT2D eigenvalue weighted by Gasteiger charge is -2.13. The molecule has 0 aliphatic rings. The maximum Gasteiger partial charge on any atom is 0.240 e. The fraction of sp³-hybridized carbons (Fsp3) is 0.294. The van der Waals surface area contributed by atoms with Crippen molar-refractivity contribution in [1.82, 2.24) is 4.72 Å². The average molecular weight is 319 g/mol. The molecule has 2 rings (SSSR count). The molecule has 0 amide bonds. The summed E-state index contributed by atoms with van der Waals surface area (Å²) in [6.45, 7) is 3.80. The van der Waals surface area contributed by atoms with Crippen LogP contribution < -0.4 is 4.72 Å². The van der Waals surface area contributed by atoms with E-state index < -0.39 is 16.1 Å². The molecular weight excluding hydrogens is 298 g/mol. The molecule has 0 saturated heterocycles. The van der Waals surface area contributed by atoms with E-state index in [9.17, 15) is 13.5 Å². The van der Waals surface area contributed by atoms with Gasteiger partial charge in [0.05, 0.1) is 11.0 Å². The SMILES string of the molecule is Cc1ccc(S(=O)(=O)NCC(O)Cc2ccccc2)cc1C. The first-order valence-corrected chi connectivity index (χ1v) is 8.66. The molecule has 4 nitrogen and oxygen atoms in total. The van der Waals surface area contributed by atoms with Crippen LogP contribution in [0.2, 0.25) is 0 Å². The quantitative estimate of drug-likeness (QED) is 0.858. The predicted molar refractivity (Wildman–Crippen MR) is 87.3 cm³/mol. The zero-order valence-electron chi connectivity index (χ0n) is 12.8. The minimum Gasteiger partial charge on any atom is -0.391 e. The summed E-state index contributed by atoms with van der Waals surface area (Å²) in [5.41, 5.74) is 2.94. The van der Waals surface area contributed by atoms with Crippen LogP contribution in [0.25, 0.3) is 0 Å². The molecule has 0 aliphatic heterocycles. The van der Waals surface area contributed by atoms with E-state index in [1.54, 1.807) is 18.2 Å². The molecule has 0 bridgehead atoms. The maximum absolute atomic E-state index is 12.2. The van der Waals surface area contributed by atoms with Gasteiger partial charge in [0, 0.05) is 6.54 Å². The zero-order chi connectivity index (χ0) is 16.2. The standard InChI is InChI=1S/C17H21NO3S/c1-13-8-9-17(10-14(13)2)22(20,21)18-12-16(19)11-15-6-4-3-5-7-15/h3-10,16,18-19H,11-12H2,1-2H3. The fourth-order valence-electron chi connectivity index (χ4n) is 2.13. The van der Waals surface area contributed by atoms with Crippen molar-refractivity contribution in [3.05, 3.63) is 65.2 Å². The summed E-state index contributed by atoms with van der Waals surface area (Å²) in [6.07, 6.45) is -0.347. The monoisotopic (exact) mass is 319 g/mol. The molecular formula is C17H21NO3S. The van der Waals surface area contributed by atoms with E-state index in [0.29, 0.717) is 6.42 Å². The Kier molecular flexibility index (Phi) is 5.34. The van der Waals surface area contributed by atoms with Gasteiger partial charge in [0.2, 0.25) is 10.0 Å². The highest BCUT2D eigenvalue weighted by atomic mass is 32.2. The van der Waals surface area contributed by atoms with Crippen molar-refractivity contribution < 1.29 is 13.5 Å². The largest absolute Gasteiger partial charge is 0.391 e. The summed E-state index contributed by atoms with van der Waals surface area (Å²) in [6, 6.07) is 14.5. The van der Waals surface area contributed by atoms with Gasteiger partial charge >= 0.3 is 0 Å². The number of aryl methyl sites for hydroxylation is 2. The van der Waals surface area contributed by atoms with E-state index in [0.717, 1.165) is 16.7 Å². The molecule has 0 radical (unpaired) electrons. The summed E-state index contributed by atoms with van der Waals surface area (Å²) in [4.78, 5) is 0.225. The number of hydrogen-bond acceptors (Lipinski definition) is 3. The Morgan fingerprint density at radius 1 is 1.05 bits per heavy atom. The number of benzene rings is 2. The van der Waals surface area contributed by atoms with Gasteiger partial charge in [-0.3, -0.25) is 0 Å². The van der Waals surface area contributed by atoms with Crippen LogP contribution in [0.4, 0.5) is 0 Å². The highest BCUT2D eigenvalue weighted by Gasteiger charge is 2.16. The van der Waals surface area contributed by atoms with Crippen molar-refractivity contribution in [2.75, 3.05) is 6.54 Å². The summed E-state index contributed by atoms with van der Waals surface area (Å²) in [5, 5.41) is 9.98. The van der Waals surface area contributed by atoms with Crippen LogP contribution in [0.1, 0.15) is 16.7 Å². The second-order valence-corrected chi connectivity index (χ2v) is 7.21. The number of sulfonamides is 1. The second-order valence-electron chi connectivity index (χ2n) is 5.44. The first kappa shape index (κ1) is 16.7. The molecule has 0 heterocycles. The molecule has 0 fully saturated rings. The van der Waals surface area contributed by atoms with Gasteiger partial charge in [0.1, 0.15) is 0 Å². The molecule has 1 unspecified atom stereocenters. The first-order chi connectivity index (χ1) is 10.4. The lowest BCUT2D eigenvalue weighted by Crippen LogP contribution is -2.33. The van der Waals surface area contributed by atoms with Crippen molar-refractivity contribution in [2.45, 2.75) is 31.3 Å².